The maximum absolute atomic E-state index is 13.1. The summed E-state index contributed by atoms with van der Waals surface area (Å²) in [6, 6.07) is 17.5. The Bertz CT molecular complexity index is 1250. The summed E-state index contributed by atoms with van der Waals surface area (Å²) >= 11 is 0. The lowest BCUT2D eigenvalue weighted by Gasteiger charge is -2.23. The number of carboxylic acid groups (broad SMARTS) is 1. The minimum Gasteiger partial charge on any atom is -0.497 e. The molecular weight excluding hydrogens is 486 g/mol. The Kier molecular flexibility index (Phi) is 9.84. The van der Waals surface area contributed by atoms with E-state index in [1.54, 1.807) is 17.9 Å². The number of nitrogens with one attached hydrogen (secondary N) is 1. The third-order valence-electron chi connectivity index (χ3n) is 6.08. The van der Waals surface area contributed by atoms with E-state index in [-0.39, 0.29) is 18.7 Å². The van der Waals surface area contributed by atoms with E-state index in [2.05, 4.69) is 23.6 Å². The number of amides is 1. The average Bonchev–Trinajstić information content (AvgIpc) is 3.36. The number of methoxy groups -OCH3 is 1. The van der Waals surface area contributed by atoms with Crippen molar-refractivity contribution < 1.29 is 29.3 Å². The molecule has 0 spiro atoms. The highest BCUT2D eigenvalue weighted by Crippen LogP contribution is 2.29. The molecule has 0 bridgehead atoms. The van der Waals surface area contributed by atoms with Crippen LogP contribution < -0.4 is 14.8 Å². The molecule has 0 radical (unpaired) electrons. The van der Waals surface area contributed by atoms with Crippen molar-refractivity contribution in [2.75, 3.05) is 7.11 Å². The standard InChI is InChI=1S/C29H33N3O6/c1-5-19(3)24(17-27(33)34)30-29(36)23(6-2)28(35)25-16-26(32(31-25)21-10-8-7-9-11-21)38-18-20-12-14-22(37-4)15-13-20/h6-16,23-24,28,35H,2-3,5,17-18H2,1,4H3,(H,30,36)(H,33,34)/t23-,24-,28-/m0/s1. The molecule has 3 rings (SSSR count). The third kappa shape index (κ3) is 7.10. The predicted octanol–water partition coefficient (Wildman–Crippen LogP) is 4.22. The second-order valence-electron chi connectivity index (χ2n) is 8.67. The molecular formula is C29H33N3O6. The lowest BCUT2D eigenvalue weighted by molar-refractivity contribution is -0.137. The van der Waals surface area contributed by atoms with E-state index in [1.807, 2.05) is 61.5 Å². The molecule has 2 aromatic carbocycles. The number of rotatable bonds is 14. The molecule has 0 saturated heterocycles. The normalized spacial score (nSPS) is 13.1. The number of aliphatic hydroxyl groups is 1. The fourth-order valence-electron chi connectivity index (χ4n) is 3.81. The zero-order chi connectivity index (χ0) is 27.7. The number of aromatic nitrogens is 2. The van der Waals surface area contributed by atoms with Crippen LogP contribution in [0.2, 0.25) is 0 Å². The first-order chi connectivity index (χ1) is 18.3. The monoisotopic (exact) mass is 519 g/mol. The first-order valence-corrected chi connectivity index (χ1v) is 12.2. The fraction of sp³-hybridized carbons (Fsp3) is 0.276. The number of carbonyl (C=O) groups excluding carboxylic acids is 1. The van der Waals surface area contributed by atoms with Crippen LogP contribution in [0.25, 0.3) is 5.69 Å². The summed E-state index contributed by atoms with van der Waals surface area (Å²) in [5.74, 6) is -1.64. The predicted molar refractivity (Wildman–Crippen MR) is 143 cm³/mol. The second-order valence-corrected chi connectivity index (χ2v) is 8.67. The number of hydrogen-bond acceptors (Lipinski definition) is 6. The molecule has 0 unspecified atom stereocenters. The molecule has 1 amide bonds. The van der Waals surface area contributed by atoms with Crippen LogP contribution in [0, 0.1) is 5.92 Å². The van der Waals surface area contributed by atoms with Gasteiger partial charge >= 0.3 is 5.97 Å². The molecule has 0 fully saturated rings. The van der Waals surface area contributed by atoms with Crippen LogP contribution in [0.5, 0.6) is 11.6 Å². The molecule has 1 heterocycles. The minimum absolute atomic E-state index is 0.197. The Morgan fingerprint density at radius 3 is 2.42 bits per heavy atom. The van der Waals surface area contributed by atoms with Crippen LogP contribution in [0.15, 0.2) is 85.5 Å². The van der Waals surface area contributed by atoms with Gasteiger partial charge in [0, 0.05) is 6.07 Å². The Morgan fingerprint density at radius 2 is 1.84 bits per heavy atom. The molecule has 0 aliphatic carbocycles. The molecule has 0 aliphatic heterocycles. The van der Waals surface area contributed by atoms with Gasteiger partial charge in [-0.25, -0.2) is 4.68 Å². The van der Waals surface area contributed by atoms with Crippen molar-refractivity contribution >= 4 is 11.9 Å². The van der Waals surface area contributed by atoms with Crippen LogP contribution in [0.1, 0.15) is 37.1 Å². The SMILES string of the molecule is C=C[C@H](C(=O)N[C@@H](CC(=O)O)C(=C)CC)[C@H](O)c1cc(OCc2ccc(OC)cc2)n(-c2ccccc2)n1. The number of aliphatic hydroxyl groups excluding tert-OH is 1. The van der Waals surface area contributed by atoms with Gasteiger partial charge in [-0.05, 0) is 36.2 Å². The Morgan fingerprint density at radius 1 is 1.16 bits per heavy atom. The smallest absolute Gasteiger partial charge is 0.305 e. The second kappa shape index (κ2) is 13.3. The molecule has 200 valence electrons. The summed E-state index contributed by atoms with van der Waals surface area (Å²) in [6.45, 7) is 9.63. The molecule has 3 N–H and O–H groups in total. The maximum atomic E-state index is 13.1. The zero-order valence-electron chi connectivity index (χ0n) is 21.5. The number of ether oxygens (including phenoxy) is 2. The average molecular weight is 520 g/mol. The lowest BCUT2D eigenvalue weighted by atomic mass is 9.96. The van der Waals surface area contributed by atoms with Gasteiger partial charge in [-0.15, -0.1) is 6.58 Å². The molecule has 9 nitrogen and oxygen atoms in total. The maximum Gasteiger partial charge on any atom is 0.305 e. The zero-order valence-corrected chi connectivity index (χ0v) is 21.5. The van der Waals surface area contributed by atoms with Gasteiger partial charge in [-0.1, -0.05) is 55.5 Å². The molecule has 38 heavy (non-hydrogen) atoms. The summed E-state index contributed by atoms with van der Waals surface area (Å²) in [5, 5.41) is 27.6. The Labute approximate surface area is 222 Å². The first-order valence-electron chi connectivity index (χ1n) is 12.2. The molecule has 3 aromatic rings. The van der Waals surface area contributed by atoms with Gasteiger partial charge < -0.3 is 25.0 Å². The van der Waals surface area contributed by atoms with Crippen LogP contribution in [0.4, 0.5) is 0 Å². The fourth-order valence-corrected chi connectivity index (χ4v) is 3.81. The van der Waals surface area contributed by atoms with Gasteiger partial charge in [0.2, 0.25) is 11.8 Å². The molecule has 9 heteroatoms. The topological polar surface area (TPSA) is 123 Å². The largest absolute Gasteiger partial charge is 0.497 e. The van der Waals surface area contributed by atoms with Crippen molar-refractivity contribution in [2.24, 2.45) is 5.92 Å². The van der Waals surface area contributed by atoms with Crippen LogP contribution in [-0.2, 0) is 16.2 Å². The highest BCUT2D eigenvalue weighted by atomic mass is 16.5. The van der Waals surface area contributed by atoms with E-state index in [0.29, 0.717) is 23.6 Å². The van der Waals surface area contributed by atoms with Gasteiger partial charge in [0.25, 0.3) is 0 Å². The number of carbonyl (C=O) groups is 2. The lowest BCUT2D eigenvalue weighted by Crippen LogP contribution is -2.42. The Hall–Kier alpha value is -4.37. The van der Waals surface area contributed by atoms with E-state index in [4.69, 9.17) is 9.47 Å². The minimum atomic E-state index is -1.36. The number of hydrogen-bond donors (Lipinski definition) is 3. The van der Waals surface area contributed by atoms with Crippen molar-refractivity contribution in [3.63, 3.8) is 0 Å². The van der Waals surface area contributed by atoms with Crippen molar-refractivity contribution in [1.29, 1.82) is 0 Å². The summed E-state index contributed by atoms with van der Waals surface area (Å²) in [4.78, 5) is 24.4. The van der Waals surface area contributed by atoms with Crippen molar-refractivity contribution in [1.82, 2.24) is 15.1 Å². The van der Waals surface area contributed by atoms with E-state index >= 15 is 0 Å². The van der Waals surface area contributed by atoms with E-state index < -0.39 is 29.9 Å². The van der Waals surface area contributed by atoms with Crippen LogP contribution in [-0.4, -0.2) is 45.0 Å². The van der Waals surface area contributed by atoms with Gasteiger partial charge in [0.15, 0.2) is 0 Å². The number of aliphatic carboxylic acids is 1. The van der Waals surface area contributed by atoms with Gasteiger partial charge in [-0.2, -0.15) is 5.10 Å². The van der Waals surface area contributed by atoms with Crippen LogP contribution >= 0.6 is 0 Å². The molecule has 1 aromatic heterocycles. The van der Waals surface area contributed by atoms with Crippen molar-refractivity contribution in [3.8, 4) is 17.3 Å². The van der Waals surface area contributed by atoms with Crippen molar-refractivity contribution in [2.45, 2.75) is 38.5 Å². The number of carboxylic acids is 1. The van der Waals surface area contributed by atoms with E-state index in [0.717, 1.165) is 11.3 Å². The van der Waals surface area contributed by atoms with E-state index in [9.17, 15) is 19.8 Å². The van der Waals surface area contributed by atoms with Gasteiger partial charge in [0.05, 0.1) is 36.9 Å². The molecule has 0 aliphatic rings. The number of para-hydroxylation sites is 1. The number of nitrogens with zero attached hydrogens (tertiary/aromatic N) is 2. The highest BCUT2D eigenvalue weighted by Gasteiger charge is 2.31. The summed E-state index contributed by atoms with van der Waals surface area (Å²) in [6.07, 6.45) is 0.132. The summed E-state index contributed by atoms with van der Waals surface area (Å²) < 4.78 is 12.8. The van der Waals surface area contributed by atoms with Crippen LogP contribution in [0.3, 0.4) is 0 Å². The first kappa shape index (κ1) is 28.2. The number of benzene rings is 2. The molecule has 3 atom stereocenters. The molecule has 0 saturated carbocycles. The summed E-state index contributed by atoms with van der Waals surface area (Å²) in [7, 11) is 1.60. The van der Waals surface area contributed by atoms with E-state index in [1.165, 1.54) is 6.08 Å². The third-order valence-corrected chi connectivity index (χ3v) is 6.08. The Balaban J connectivity index is 1.86. The van der Waals surface area contributed by atoms with Gasteiger partial charge in [0.1, 0.15) is 18.5 Å². The summed E-state index contributed by atoms with van der Waals surface area (Å²) in [5.41, 5.74) is 2.37. The highest BCUT2D eigenvalue weighted by molar-refractivity contribution is 5.82. The quantitative estimate of drug-likeness (QED) is 0.273. The van der Waals surface area contributed by atoms with Gasteiger partial charge in [-0.3, -0.25) is 9.59 Å². The van der Waals surface area contributed by atoms with Crippen molar-refractivity contribution in [3.05, 3.63) is 96.7 Å².